The second-order valence-electron chi connectivity index (χ2n) is 6.77. The van der Waals surface area contributed by atoms with E-state index in [1.807, 2.05) is 17.9 Å². The molecule has 1 amide bonds. The molecule has 0 spiro atoms. The molecule has 0 bridgehead atoms. The van der Waals surface area contributed by atoms with Crippen LogP contribution in [-0.2, 0) is 6.54 Å². The van der Waals surface area contributed by atoms with Gasteiger partial charge in [-0.05, 0) is 29.8 Å². The molecule has 2 heterocycles. The number of aryl methyl sites for hydroxylation is 1. The van der Waals surface area contributed by atoms with E-state index in [0.29, 0.717) is 5.76 Å². The number of carbonyl (C=O) groups is 1. The molecule has 0 aliphatic carbocycles. The highest BCUT2D eigenvalue weighted by Crippen LogP contribution is 2.17. The van der Waals surface area contributed by atoms with E-state index in [1.54, 1.807) is 6.07 Å². The molecule has 0 radical (unpaired) electrons. The predicted molar refractivity (Wildman–Crippen MR) is 97.7 cm³/mol. The number of rotatable bonds is 3. The van der Waals surface area contributed by atoms with Crippen molar-refractivity contribution in [1.29, 1.82) is 0 Å². The Morgan fingerprint density at radius 2 is 1.80 bits per heavy atom. The molecule has 128 valence electrons. The van der Waals surface area contributed by atoms with Crippen molar-refractivity contribution in [3.8, 4) is 0 Å². The Morgan fingerprint density at radius 1 is 1.04 bits per heavy atom. The molecule has 1 aliphatic heterocycles. The molecule has 4 rings (SSSR count). The van der Waals surface area contributed by atoms with Crippen molar-refractivity contribution in [1.82, 2.24) is 4.90 Å². The second-order valence-corrected chi connectivity index (χ2v) is 6.77. The van der Waals surface area contributed by atoms with Crippen molar-refractivity contribution in [2.75, 3.05) is 26.2 Å². The van der Waals surface area contributed by atoms with Crippen LogP contribution in [0.4, 0.5) is 0 Å². The van der Waals surface area contributed by atoms with Crippen molar-refractivity contribution in [3.63, 3.8) is 0 Å². The summed E-state index contributed by atoms with van der Waals surface area (Å²) in [6, 6.07) is 18.7. The topological polar surface area (TPSA) is 37.9 Å². The summed E-state index contributed by atoms with van der Waals surface area (Å²) in [7, 11) is 0. The Hall–Kier alpha value is -2.59. The Balaban J connectivity index is 1.41. The van der Waals surface area contributed by atoms with Gasteiger partial charge in [0, 0.05) is 5.56 Å². The van der Waals surface area contributed by atoms with Gasteiger partial charge in [-0.15, -0.1) is 0 Å². The maximum atomic E-state index is 12.5. The van der Waals surface area contributed by atoms with E-state index < -0.39 is 0 Å². The molecule has 0 saturated carbocycles. The first-order valence-corrected chi connectivity index (χ1v) is 8.86. The third-order valence-corrected chi connectivity index (χ3v) is 5.03. The first kappa shape index (κ1) is 15.9. The average Bonchev–Trinajstić information content (AvgIpc) is 3.08. The van der Waals surface area contributed by atoms with Gasteiger partial charge in [0.1, 0.15) is 12.3 Å². The van der Waals surface area contributed by atoms with E-state index >= 15 is 0 Å². The molecule has 1 N–H and O–H groups in total. The monoisotopic (exact) mass is 335 g/mol. The average molecular weight is 335 g/mol. The van der Waals surface area contributed by atoms with Gasteiger partial charge in [-0.1, -0.05) is 42.5 Å². The Bertz CT molecular complexity index is 886. The fraction of sp³-hybridized carbons (Fsp3) is 0.286. The molecular weight excluding hydrogens is 312 g/mol. The van der Waals surface area contributed by atoms with Crippen molar-refractivity contribution in [2.24, 2.45) is 0 Å². The van der Waals surface area contributed by atoms with E-state index in [-0.39, 0.29) is 5.91 Å². The van der Waals surface area contributed by atoms with Gasteiger partial charge in [0.15, 0.2) is 5.76 Å². The van der Waals surface area contributed by atoms with Gasteiger partial charge in [-0.2, -0.15) is 0 Å². The highest BCUT2D eigenvalue weighted by molar-refractivity contribution is 5.91. The van der Waals surface area contributed by atoms with E-state index in [4.69, 9.17) is 4.42 Å². The standard InChI is InChI=1S/C21H22N2O2/c1-16-9-10-20(25-16)21(24)23-13-11-22(12-14-23)15-18-7-4-6-17-5-2-3-8-19(17)18/h2-10H,11-15H2,1H3/p+1. The summed E-state index contributed by atoms with van der Waals surface area (Å²) in [5, 5.41) is 2.63. The number of quaternary nitrogens is 1. The van der Waals surface area contributed by atoms with Crippen molar-refractivity contribution in [3.05, 3.63) is 71.7 Å². The van der Waals surface area contributed by atoms with Gasteiger partial charge in [0.2, 0.25) is 0 Å². The maximum absolute atomic E-state index is 12.5. The third-order valence-electron chi connectivity index (χ3n) is 5.03. The lowest BCUT2D eigenvalue weighted by Gasteiger charge is -2.32. The minimum absolute atomic E-state index is 0.0114. The number of hydrogen-bond acceptors (Lipinski definition) is 2. The number of amides is 1. The number of nitrogens with zero attached hydrogens (tertiary/aromatic N) is 1. The van der Waals surface area contributed by atoms with Crippen LogP contribution in [-0.4, -0.2) is 37.0 Å². The van der Waals surface area contributed by atoms with Crippen LogP contribution in [0, 0.1) is 6.92 Å². The van der Waals surface area contributed by atoms with Crippen LogP contribution < -0.4 is 4.90 Å². The molecule has 1 fully saturated rings. The van der Waals surface area contributed by atoms with Crippen LogP contribution in [0.2, 0.25) is 0 Å². The molecule has 4 nitrogen and oxygen atoms in total. The van der Waals surface area contributed by atoms with E-state index in [2.05, 4.69) is 42.5 Å². The fourth-order valence-corrected chi connectivity index (χ4v) is 3.62. The normalized spacial score (nSPS) is 15.6. The molecule has 4 heteroatoms. The smallest absolute Gasteiger partial charge is 0.289 e. The van der Waals surface area contributed by atoms with Crippen LogP contribution >= 0.6 is 0 Å². The highest BCUT2D eigenvalue weighted by Gasteiger charge is 2.26. The molecule has 0 atom stereocenters. The minimum atomic E-state index is 0.0114. The van der Waals surface area contributed by atoms with E-state index in [0.717, 1.165) is 38.5 Å². The zero-order valence-corrected chi connectivity index (χ0v) is 14.5. The first-order chi connectivity index (χ1) is 12.2. The summed E-state index contributed by atoms with van der Waals surface area (Å²) in [6.07, 6.45) is 0. The molecule has 25 heavy (non-hydrogen) atoms. The summed E-state index contributed by atoms with van der Waals surface area (Å²) in [4.78, 5) is 15.9. The third kappa shape index (κ3) is 3.30. The molecule has 1 saturated heterocycles. The summed E-state index contributed by atoms with van der Waals surface area (Å²) in [6.45, 7) is 6.35. The number of hydrogen-bond donors (Lipinski definition) is 1. The number of carbonyl (C=O) groups excluding carboxylic acids is 1. The van der Waals surface area contributed by atoms with Crippen LogP contribution in [0.25, 0.3) is 10.8 Å². The van der Waals surface area contributed by atoms with Crippen molar-refractivity contribution < 1.29 is 14.1 Å². The summed E-state index contributed by atoms with van der Waals surface area (Å²) < 4.78 is 5.47. The van der Waals surface area contributed by atoms with Gasteiger partial charge >= 0.3 is 0 Å². The van der Waals surface area contributed by atoms with Gasteiger partial charge < -0.3 is 14.2 Å². The molecule has 1 aliphatic rings. The largest absolute Gasteiger partial charge is 0.456 e. The number of fused-ring (bicyclic) bond motifs is 1. The lowest BCUT2D eigenvalue weighted by molar-refractivity contribution is -0.917. The first-order valence-electron chi connectivity index (χ1n) is 8.86. The predicted octanol–water partition coefficient (Wildman–Crippen LogP) is 2.28. The van der Waals surface area contributed by atoms with Gasteiger partial charge in [-0.25, -0.2) is 0 Å². The quantitative estimate of drug-likeness (QED) is 0.797. The van der Waals surface area contributed by atoms with Crippen LogP contribution in [0.5, 0.6) is 0 Å². The molecular formula is C21H23N2O2+. The van der Waals surface area contributed by atoms with Gasteiger partial charge in [0.25, 0.3) is 5.91 Å². The molecule has 1 aromatic heterocycles. The Morgan fingerprint density at radius 3 is 2.56 bits per heavy atom. The number of furan rings is 1. The van der Waals surface area contributed by atoms with Crippen LogP contribution in [0.1, 0.15) is 21.9 Å². The summed E-state index contributed by atoms with van der Waals surface area (Å²) in [5.41, 5.74) is 1.38. The zero-order valence-electron chi connectivity index (χ0n) is 14.5. The number of piperazine rings is 1. The number of benzene rings is 2. The molecule has 2 aromatic carbocycles. The van der Waals surface area contributed by atoms with Gasteiger partial charge in [-0.3, -0.25) is 4.79 Å². The Labute approximate surface area is 147 Å². The second kappa shape index (κ2) is 6.73. The lowest BCUT2D eigenvalue weighted by atomic mass is 10.0. The maximum Gasteiger partial charge on any atom is 0.289 e. The van der Waals surface area contributed by atoms with Crippen molar-refractivity contribution >= 4 is 16.7 Å². The number of nitrogens with one attached hydrogen (secondary N) is 1. The van der Waals surface area contributed by atoms with Crippen LogP contribution in [0.15, 0.2) is 59.0 Å². The molecule has 0 unspecified atom stereocenters. The SMILES string of the molecule is Cc1ccc(C(=O)N2CC[NH+](Cc3cccc4ccccc34)CC2)o1. The summed E-state index contributed by atoms with van der Waals surface area (Å²) in [5.74, 6) is 1.25. The Kier molecular flexibility index (Phi) is 4.28. The minimum Gasteiger partial charge on any atom is -0.456 e. The zero-order chi connectivity index (χ0) is 17.2. The van der Waals surface area contributed by atoms with E-state index in [1.165, 1.54) is 21.2 Å². The van der Waals surface area contributed by atoms with Crippen molar-refractivity contribution in [2.45, 2.75) is 13.5 Å². The van der Waals surface area contributed by atoms with E-state index in [9.17, 15) is 4.79 Å². The lowest BCUT2D eigenvalue weighted by Crippen LogP contribution is -3.13. The highest BCUT2D eigenvalue weighted by atomic mass is 16.3. The van der Waals surface area contributed by atoms with Crippen LogP contribution in [0.3, 0.4) is 0 Å². The summed E-state index contributed by atoms with van der Waals surface area (Å²) >= 11 is 0. The molecule has 3 aromatic rings. The van der Waals surface area contributed by atoms with Gasteiger partial charge in [0.05, 0.1) is 26.2 Å². The fourth-order valence-electron chi connectivity index (χ4n) is 3.62.